The number of rotatable bonds is 5. The molecule has 160 valence electrons. The quantitative estimate of drug-likeness (QED) is 0.691. The Morgan fingerprint density at radius 1 is 1.07 bits per heavy atom. The fourth-order valence-electron chi connectivity index (χ4n) is 4.06. The van der Waals surface area contributed by atoms with Crippen LogP contribution in [-0.2, 0) is 15.9 Å². The molecule has 10 heteroatoms. The summed E-state index contributed by atoms with van der Waals surface area (Å²) in [5, 5.41) is 0. The molecule has 3 aliphatic heterocycles. The van der Waals surface area contributed by atoms with Gasteiger partial charge >= 0.3 is 0 Å². The average Bonchev–Trinajstić information content (AvgIpc) is 3.23. The van der Waals surface area contributed by atoms with E-state index in [0.717, 1.165) is 62.8 Å². The highest BCUT2D eigenvalue weighted by atomic mass is 16.5. The normalized spacial score (nSPS) is 22.2. The maximum absolute atomic E-state index is 6.23. The molecule has 2 aromatic heterocycles. The van der Waals surface area contributed by atoms with Gasteiger partial charge in [0.1, 0.15) is 24.9 Å². The van der Waals surface area contributed by atoms with Crippen molar-refractivity contribution in [2.45, 2.75) is 12.5 Å². The highest BCUT2D eigenvalue weighted by Gasteiger charge is 2.30. The Kier molecular flexibility index (Phi) is 5.60. The van der Waals surface area contributed by atoms with Crippen molar-refractivity contribution in [3.8, 4) is 5.88 Å². The van der Waals surface area contributed by atoms with Crippen LogP contribution >= 0.6 is 0 Å². The number of aromatic nitrogens is 4. The lowest BCUT2D eigenvalue weighted by Gasteiger charge is -2.30. The Morgan fingerprint density at radius 2 is 1.90 bits per heavy atom. The molecule has 0 spiro atoms. The van der Waals surface area contributed by atoms with E-state index < -0.39 is 0 Å². The van der Waals surface area contributed by atoms with Gasteiger partial charge in [0.2, 0.25) is 11.8 Å². The van der Waals surface area contributed by atoms with Crippen LogP contribution in [-0.4, -0.2) is 97.1 Å². The Hall–Kier alpha value is -2.56. The Balaban J connectivity index is 1.44. The molecule has 2 saturated heterocycles. The molecular weight excluding hydrogens is 386 g/mol. The number of fused-ring (bicyclic) bond motifs is 1. The molecule has 10 nitrogen and oxygen atoms in total. The Morgan fingerprint density at radius 3 is 2.70 bits per heavy atom. The summed E-state index contributed by atoms with van der Waals surface area (Å²) in [6.07, 6.45) is 6.01. The number of ether oxygens (including phenoxy) is 3. The third-order valence-corrected chi connectivity index (χ3v) is 5.68. The molecule has 2 fully saturated rings. The maximum atomic E-state index is 6.23. The van der Waals surface area contributed by atoms with E-state index in [1.54, 1.807) is 0 Å². The molecule has 5 rings (SSSR count). The zero-order valence-electron chi connectivity index (χ0n) is 17.2. The van der Waals surface area contributed by atoms with Crippen LogP contribution in [0.2, 0.25) is 0 Å². The van der Waals surface area contributed by atoms with Crippen LogP contribution in [0.1, 0.15) is 5.56 Å². The van der Waals surface area contributed by atoms with Crippen molar-refractivity contribution in [2.24, 2.45) is 0 Å². The second-order valence-electron chi connectivity index (χ2n) is 7.79. The zero-order chi connectivity index (χ0) is 20.3. The summed E-state index contributed by atoms with van der Waals surface area (Å²) >= 11 is 0. The number of anilines is 3. The van der Waals surface area contributed by atoms with Crippen LogP contribution in [0.25, 0.3) is 0 Å². The highest BCUT2D eigenvalue weighted by molar-refractivity contribution is 5.68. The summed E-state index contributed by atoms with van der Waals surface area (Å²) in [5.74, 6) is 2.20. The van der Waals surface area contributed by atoms with E-state index in [0.29, 0.717) is 31.6 Å². The van der Waals surface area contributed by atoms with E-state index in [4.69, 9.17) is 24.2 Å². The highest BCUT2D eigenvalue weighted by Crippen LogP contribution is 2.38. The van der Waals surface area contributed by atoms with Gasteiger partial charge in [-0.15, -0.1) is 0 Å². The van der Waals surface area contributed by atoms with Gasteiger partial charge in [0.15, 0.2) is 0 Å². The molecule has 0 aromatic carbocycles. The van der Waals surface area contributed by atoms with Gasteiger partial charge in [-0.2, -0.15) is 9.97 Å². The molecule has 5 heterocycles. The predicted octanol–water partition coefficient (Wildman–Crippen LogP) is 0.507. The minimum Gasteiger partial charge on any atom is -0.474 e. The summed E-state index contributed by atoms with van der Waals surface area (Å²) < 4.78 is 17.6. The number of nitrogens with zero attached hydrogens (tertiary/aromatic N) is 7. The van der Waals surface area contributed by atoms with Crippen molar-refractivity contribution < 1.29 is 14.2 Å². The summed E-state index contributed by atoms with van der Waals surface area (Å²) in [6.45, 7) is 6.70. The third kappa shape index (κ3) is 4.03. The Bertz CT molecular complexity index is 863. The molecular formula is C20H27N7O3. The summed E-state index contributed by atoms with van der Waals surface area (Å²) in [4.78, 5) is 24.6. The molecule has 2 aromatic rings. The fraction of sp³-hybridized carbons (Fsp3) is 0.600. The van der Waals surface area contributed by atoms with Gasteiger partial charge in [0.25, 0.3) is 0 Å². The van der Waals surface area contributed by atoms with Gasteiger partial charge in [0.05, 0.1) is 43.5 Å². The SMILES string of the molecule is CN1CCOC(COc2nc(N3CCOCC3)nc3c2CCN3c2cncnc2)C1. The van der Waals surface area contributed by atoms with Crippen LogP contribution in [0.3, 0.4) is 0 Å². The van der Waals surface area contributed by atoms with Crippen molar-refractivity contribution in [1.82, 2.24) is 24.8 Å². The van der Waals surface area contributed by atoms with E-state index in [1.165, 1.54) is 6.33 Å². The van der Waals surface area contributed by atoms with Gasteiger partial charge in [-0.05, 0) is 13.5 Å². The lowest BCUT2D eigenvalue weighted by molar-refractivity contribution is -0.0411. The monoisotopic (exact) mass is 413 g/mol. The number of hydrogen-bond donors (Lipinski definition) is 0. The largest absolute Gasteiger partial charge is 0.474 e. The van der Waals surface area contributed by atoms with E-state index in [9.17, 15) is 0 Å². The molecule has 3 aliphatic rings. The molecule has 1 unspecified atom stereocenters. The molecule has 0 radical (unpaired) electrons. The van der Waals surface area contributed by atoms with Crippen molar-refractivity contribution in [1.29, 1.82) is 0 Å². The minimum absolute atomic E-state index is 0.0428. The van der Waals surface area contributed by atoms with Crippen LogP contribution in [0.5, 0.6) is 5.88 Å². The average molecular weight is 413 g/mol. The molecule has 0 bridgehead atoms. The third-order valence-electron chi connectivity index (χ3n) is 5.68. The lowest BCUT2D eigenvalue weighted by atomic mass is 10.2. The second kappa shape index (κ2) is 8.66. The van der Waals surface area contributed by atoms with Crippen LogP contribution in [0.15, 0.2) is 18.7 Å². The van der Waals surface area contributed by atoms with Gasteiger partial charge in [0, 0.05) is 32.7 Å². The summed E-state index contributed by atoms with van der Waals surface area (Å²) in [5.41, 5.74) is 1.95. The van der Waals surface area contributed by atoms with Gasteiger partial charge in [-0.3, -0.25) is 0 Å². The second-order valence-corrected chi connectivity index (χ2v) is 7.79. The van der Waals surface area contributed by atoms with Gasteiger partial charge < -0.3 is 28.9 Å². The number of morpholine rings is 2. The molecule has 0 aliphatic carbocycles. The van der Waals surface area contributed by atoms with Gasteiger partial charge in [-0.1, -0.05) is 0 Å². The first-order valence-corrected chi connectivity index (χ1v) is 10.5. The maximum Gasteiger partial charge on any atom is 0.230 e. The molecule has 1 atom stereocenters. The van der Waals surface area contributed by atoms with Crippen LogP contribution in [0.4, 0.5) is 17.5 Å². The van der Waals surface area contributed by atoms with E-state index in [2.05, 4.69) is 31.7 Å². The summed E-state index contributed by atoms with van der Waals surface area (Å²) in [7, 11) is 2.11. The smallest absolute Gasteiger partial charge is 0.230 e. The lowest BCUT2D eigenvalue weighted by Crippen LogP contribution is -2.43. The summed E-state index contributed by atoms with van der Waals surface area (Å²) in [6, 6.07) is 0. The van der Waals surface area contributed by atoms with Crippen molar-refractivity contribution in [3.63, 3.8) is 0 Å². The van der Waals surface area contributed by atoms with E-state index in [1.807, 2.05) is 12.4 Å². The predicted molar refractivity (Wildman–Crippen MR) is 111 cm³/mol. The van der Waals surface area contributed by atoms with E-state index in [-0.39, 0.29) is 6.10 Å². The van der Waals surface area contributed by atoms with Crippen LogP contribution in [0, 0.1) is 0 Å². The zero-order valence-corrected chi connectivity index (χ0v) is 17.2. The Labute approximate surface area is 175 Å². The standard InChI is InChI=1S/C20H27N7O3/c1-25-4-9-29-16(12-25)13-30-19-17-2-3-27(15-10-21-14-22-11-15)18(17)23-20(24-19)26-5-7-28-8-6-26/h10-11,14,16H,2-9,12-13H2,1H3. The first-order chi connectivity index (χ1) is 14.8. The van der Waals surface area contributed by atoms with Crippen molar-refractivity contribution in [3.05, 3.63) is 24.3 Å². The fourth-order valence-corrected chi connectivity index (χ4v) is 4.06. The first kappa shape index (κ1) is 19.4. The van der Waals surface area contributed by atoms with Crippen molar-refractivity contribution >= 4 is 17.5 Å². The molecule has 0 amide bonds. The molecule has 0 N–H and O–H groups in total. The number of likely N-dealkylation sites (N-methyl/N-ethyl adjacent to an activating group) is 1. The molecule has 30 heavy (non-hydrogen) atoms. The van der Waals surface area contributed by atoms with Crippen molar-refractivity contribution in [2.75, 3.05) is 76.0 Å². The van der Waals surface area contributed by atoms with E-state index >= 15 is 0 Å². The first-order valence-electron chi connectivity index (χ1n) is 10.5. The van der Waals surface area contributed by atoms with Gasteiger partial charge in [-0.25, -0.2) is 9.97 Å². The topological polar surface area (TPSA) is 89.0 Å². The number of hydrogen-bond acceptors (Lipinski definition) is 10. The molecule has 0 saturated carbocycles. The van der Waals surface area contributed by atoms with Crippen LogP contribution < -0.4 is 14.5 Å². The minimum atomic E-state index is 0.0428.